The van der Waals surface area contributed by atoms with Gasteiger partial charge in [-0.05, 0) is 25.3 Å². The van der Waals surface area contributed by atoms with Gasteiger partial charge in [-0.15, -0.1) is 0 Å². The van der Waals surface area contributed by atoms with Gasteiger partial charge in [0.2, 0.25) is 5.91 Å². The van der Waals surface area contributed by atoms with E-state index in [0.717, 1.165) is 25.7 Å². The number of carbonyl (C=O) groups is 1. The number of hydrogen-bond acceptors (Lipinski definition) is 4. The fourth-order valence-electron chi connectivity index (χ4n) is 2.45. The topological polar surface area (TPSA) is 89.3 Å². The summed E-state index contributed by atoms with van der Waals surface area (Å²) >= 11 is 0. The average molecular weight is 290 g/mol. The summed E-state index contributed by atoms with van der Waals surface area (Å²) in [6.45, 7) is 2.10. The predicted molar refractivity (Wildman–Crippen MR) is 76.5 cm³/mol. The van der Waals surface area contributed by atoms with Crippen molar-refractivity contribution in [2.24, 2.45) is 11.7 Å². The Kier molecular flexibility index (Phi) is 6.79. The van der Waals surface area contributed by atoms with Gasteiger partial charge in [-0.2, -0.15) is 0 Å². The third kappa shape index (κ3) is 6.92. The van der Waals surface area contributed by atoms with Crippen LogP contribution in [0, 0.1) is 5.92 Å². The first-order valence-corrected chi connectivity index (χ1v) is 8.95. The fraction of sp³-hybridized carbons (Fsp3) is 0.923. The number of nitrogens with two attached hydrogens (primary N) is 1. The molecule has 0 spiro atoms. The molecule has 0 saturated heterocycles. The molecule has 19 heavy (non-hydrogen) atoms. The second-order valence-electron chi connectivity index (χ2n) is 5.65. The maximum atomic E-state index is 11.8. The van der Waals surface area contributed by atoms with E-state index in [1.54, 1.807) is 6.92 Å². The summed E-state index contributed by atoms with van der Waals surface area (Å²) in [6, 6.07) is 0.150. The van der Waals surface area contributed by atoms with Crippen molar-refractivity contribution in [3.8, 4) is 0 Å². The third-order valence-electron chi connectivity index (χ3n) is 3.51. The molecule has 112 valence electrons. The van der Waals surface area contributed by atoms with Gasteiger partial charge in [-0.1, -0.05) is 32.6 Å². The van der Waals surface area contributed by atoms with Gasteiger partial charge in [0.25, 0.3) is 0 Å². The number of sulfone groups is 1. The Morgan fingerprint density at radius 1 is 1.26 bits per heavy atom. The number of carbonyl (C=O) groups excluding carboxylic acids is 1. The maximum absolute atomic E-state index is 11.8. The van der Waals surface area contributed by atoms with Gasteiger partial charge < -0.3 is 11.1 Å². The lowest BCUT2D eigenvalue weighted by Crippen LogP contribution is -2.39. The van der Waals surface area contributed by atoms with Crippen LogP contribution in [0.25, 0.3) is 0 Å². The van der Waals surface area contributed by atoms with E-state index in [0.29, 0.717) is 6.54 Å². The second kappa shape index (κ2) is 7.85. The molecule has 5 nitrogen and oxygen atoms in total. The molecule has 0 aromatic rings. The van der Waals surface area contributed by atoms with Crippen LogP contribution in [0.15, 0.2) is 0 Å². The van der Waals surface area contributed by atoms with E-state index in [9.17, 15) is 13.2 Å². The molecule has 1 atom stereocenters. The third-order valence-corrected chi connectivity index (χ3v) is 5.29. The number of hydrogen-bond donors (Lipinski definition) is 2. The van der Waals surface area contributed by atoms with E-state index >= 15 is 0 Å². The van der Waals surface area contributed by atoms with Gasteiger partial charge in [-0.3, -0.25) is 4.79 Å². The second-order valence-corrected chi connectivity index (χ2v) is 7.76. The molecule has 1 aliphatic rings. The predicted octanol–water partition coefficient (Wildman–Crippen LogP) is 0.835. The Hall–Kier alpha value is -0.620. The van der Waals surface area contributed by atoms with Gasteiger partial charge in [0.15, 0.2) is 9.84 Å². The van der Waals surface area contributed by atoms with Crippen LogP contribution in [0.1, 0.15) is 45.4 Å². The normalized spacial score (nSPS) is 19.7. The molecule has 1 unspecified atom stereocenters. The van der Waals surface area contributed by atoms with Crippen molar-refractivity contribution in [1.29, 1.82) is 0 Å². The van der Waals surface area contributed by atoms with Crippen molar-refractivity contribution < 1.29 is 13.2 Å². The molecule has 0 aromatic heterocycles. The van der Waals surface area contributed by atoms with Crippen LogP contribution in [0.3, 0.4) is 0 Å². The van der Waals surface area contributed by atoms with Crippen molar-refractivity contribution >= 4 is 15.7 Å². The van der Waals surface area contributed by atoms with Crippen molar-refractivity contribution in [3.05, 3.63) is 0 Å². The van der Waals surface area contributed by atoms with Crippen molar-refractivity contribution in [1.82, 2.24) is 5.32 Å². The molecular formula is C13H26N2O3S. The number of rotatable bonds is 6. The number of amides is 1. The molecule has 0 aromatic carbocycles. The molecule has 1 amide bonds. The summed E-state index contributed by atoms with van der Waals surface area (Å²) in [5.41, 5.74) is 5.41. The molecule has 0 aliphatic heterocycles. The van der Waals surface area contributed by atoms with E-state index in [2.05, 4.69) is 5.32 Å². The highest BCUT2D eigenvalue weighted by Gasteiger charge is 2.21. The summed E-state index contributed by atoms with van der Waals surface area (Å²) in [7, 11) is -3.34. The van der Waals surface area contributed by atoms with Crippen LogP contribution in [0.4, 0.5) is 0 Å². The van der Waals surface area contributed by atoms with Crippen molar-refractivity contribution in [2.75, 3.05) is 18.1 Å². The molecule has 1 aliphatic carbocycles. The Morgan fingerprint density at radius 3 is 2.37 bits per heavy atom. The van der Waals surface area contributed by atoms with E-state index in [4.69, 9.17) is 5.73 Å². The minimum absolute atomic E-state index is 0.0123. The molecule has 3 N–H and O–H groups in total. The summed E-state index contributed by atoms with van der Waals surface area (Å²) in [5, 5.41) is 2.86. The monoisotopic (exact) mass is 290 g/mol. The summed E-state index contributed by atoms with van der Waals surface area (Å²) in [5.74, 6) is -0.887. The van der Waals surface area contributed by atoms with Gasteiger partial charge in [0.1, 0.15) is 5.75 Å². The zero-order chi connectivity index (χ0) is 14.3. The van der Waals surface area contributed by atoms with Crippen molar-refractivity contribution in [2.45, 2.75) is 51.5 Å². The average Bonchev–Trinajstić information content (AvgIpc) is 2.55. The largest absolute Gasteiger partial charge is 0.352 e. The molecule has 1 rings (SSSR count). The highest BCUT2D eigenvalue weighted by atomic mass is 32.2. The minimum Gasteiger partial charge on any atom is -0.352 e. The summed E-state index contributed by atoms with van der Waals surface area (Å²) < 4.78 is 23.6. The molecule has 0 bridgehead atoms. The zero-order valence-corrected chi connectivity index (χ0v) is 12.5. The molecule has 6 heteroatoms. The molecular weight excluding hydrogens is 264 g/mol. The zero-order valence-electron chi connectivity index (χ0n) is 11.7. The first kappa shape index (κ1) is 16.4. The molecule has 0 radical (unpaired) electrons. The van der Waals surface area contributed by atoms with E-state index in [-0.39, 0.29) is 23.6 Å². The van der Waals surface area contributed by atoms with Crippen molar-refractivity contribution in [3.63, 3.8) is 0 Å². The Labute approximate surface area is 116 Å². The number of nitrogens with one attached hydrogen (secondary N) is 1. The maximum Gasteiger partial charge on any atom is 0.235 e. The van der Waals surface area contributed by atoms with Crippen LogP contribution in [0.5, 0.6) is 0 Å². The van der Waals surface area contributed by atoms with E-state index in [1.165, 1.54) is 12.8 Å². The highest BCUT2D eigenvalue weighted by Crippen LogP contribution is 2.17. The standard InChI is InChI=1S/C13H26N2O3S/c1-11(8-14)9-19(17,18)10-13(16)15-12-6-4-2-3-5-7-12/h11-12H,2-10,14H2,1H3,(H,15,16). The Balaban J connectivity index is 2.41. The molecule has 1 fully saturated rings. The minimum atomic E-state index is -3.34. The van der Waals surface area contributed by atoms with Crippen LogP contribution in [-0.4, -0.2) is 38.4 Å². The smallest absolute Gasteiger partial charge is 0.235 e. The van der Waals surface area contributed by atoms with Crippen LogP contribution in [0.2, 0.25) is 0 Å². The van der Waals surface area contributed by atoms with Gasteiger partial charge >= 0.3 is 0 Å². The quantitative estimate of drug-likeness (QED) is 0.709. The van der Waals surface area contributed by atoms with Crippen LogP contribution < -0.4 is 11.1 Å². The molecule has 1 saturated carbocycles. The first-order chi connectivity index (χ1) is 8.93. The Morgan fingerprint density at radius 2 is 1.84 bits per heavy atom. The van der Waals surface area contributed by atoms with Crippen LogP contribution >= 0.6 is 0 Å². The first-order valence-electron chi connectivity index (χ1n) is 7.13. The van der Waals surface area contributed by atoms with Gasteiger partial charge in [-0.25, -0.2) is 8.42 Å². The summed E-state index contributed by atoms with van der Waals surface area (Å²) in [6.07, 6.45) is 6.57. The lowest BCUT2D eigenvalue weighted by Gasteiger charge is -2.16. The Bertz CT molecular complexity index is 373. The fourth-order valence-corrected chi connectivity index (χ4v) is 4.06. The molecule has 0 heterocycles. The highest BCUT2D eigenvalue weighted by molar-refractivity contribution is 7.92. The summed E-state index contributed by atoms with van der Waals surface area (Å²) in [4.78, 5) is 11.8. The lowest BCUT2D eigenvalue weighted by atomic mass is 10.1. The SMILES string of the molecule is CC(CN)CS(=O)(=O)CC(=O)NC1CCCCCC1. The van der Waals surface area contributed by atoms with E-state index in [1.807, 2.05) is 0 Å². The van der Waals surface area contributed by atoms with E-state index < -0.39 is 15.6 Å². The lowest BCUT2D eigenvalue weighted by molar-refractivity contribution is -0.119. The van der Waals surface area contributed by atoms with Gasteiger partial charge in [0, 0.05) is 6.04 Å². The van der Waals surface area contributed by atoms with Crippen LogP contribution in [-0.2, 0) is 14.6 Å². The van der Waals surface area contributed by atoms with Gasteiger partial charge in [0.05, 0.1) is 5.75 Å².